The molecule has 0 atom stereocenters. The summed E-state index contributed by atoms with van der Waals surface area (Å²) < 4.78 is 4.79. The number of anilines is 2. The first-order valence-corrected chi connectivity index (χ1v) is 6.86. The number of ether oxygens (including phenoxy) is 1. The molecule has 1 amide bonds. The molecule has 0 unspecified atom stereocenters. The number of pyridine rings is 1. The summed E-state index contributed by atoms with van der Waals surface area (Å²) in [5, 5.41) is 5.84. The Labute approximate surface area is 124 Å². The van der Waals surface area contributed by atoms with Crippen LogP contribution in [-0.2, 0) is 11.3 Å². The molecule has 1 aromatic heterocycles. The van der Waals surface area contributed by atoms with Gasteiger partial charge in [0.25, 0.3) is 0 Å². The second-order valence-corrected chi connectivity index (χ2v) is 4.62. The lowest BCUT2D eigenvalue weighted by Gasteiger charge is -2.08. The lowest BCUT2D eigenvalue weighted by Crippen LogP contribution is -2.14. The first-order chi connectivity index (χ1) is 10.2. The molecule has 0 saturated heterocycles. The lowest BCUT2D eigenvalue weighted by molar-refractivity contribution is 0.168. The number of hydrogen-bond donors (Lipinski definition) is 2. The van der Waals surface area contributed by atoms with Gasteiger partial charge in [0.1, 0.15) is 5.82 Å². The van der Waals surface area contributed by atoms with Crippen molar-refractivity contribution >= 4 is 17.6 Å². The van der Waals surface area contributed by atoms with Gasteiger partial charge < -0.3 is 10.1 Å². The van der Waals surface area contributed by atoms with Crippen molar-refractivity contribution in [2.75, 3.05) is 17.2 Å². The Morgan fingerprint density at radius 1 is 1.29 bits per heavy atom. The van der Waals surface area contributed by atoms with E-state index in [1.165, 1.54) is 11.1 Å². The lowest BCUT2D eigenvalue weighted by atomic mass is 10.1. The fourth-order valence-electron chi connectivity index (χ4n) is 1.87. The van der Waals surface area contributed by atoms with Crippen LogP contribution in [0.5, 0.6) is 0 Å². The molecule has 0 fully saturated rings. The van der Waals surface area contributed by atoms with Crippen molar-refractivity contribution in [3.63, 3.8) is 0 Å². The molecular weight excluding hydrogens is 266 g/mol. The molecule has 1 heterocycles. The van der Waals surface area contributed by atoms with Crippen LogP contribution < -0.4 is 10.6 Å². The number of nitrogens with one attached hydrogen (secondary N) is 2. The maximum Gasteiger partial charge on any atom is 0.412 e. The molecule has 21 heavy (non-hydrogen) atoms. The normalized spacial score (nSPS) is 10.0. The highest BCUT2D eigenvalue weighted by Gasteiger charge is 2.02. The molecule has 2 aromatic rings. The Morgan fingerprint density at radius 3 is 2.81 bits per heavy atom. The van der Waals surface area contributed by atoms with E-state index >= 15 is 0 Å². The highest BCUT2D eigenvalue weighted by atomic mass is 16.5. The van der Waals surface area contributed by atoms with Gasteiger partial charge >= 0.3 is 6.09 Å². The minimum absolute atomic E-state index is 0.335. The van der Waals surface area contributed by atoms with E-state index in [9.17, 15) is 4.79 Å². The Balaban J connectivity index is 1.89. The van der Waals surface area contributed by atoms with Crippen LogP contribution in [-0.4, -0.2) is 17.7 Å². The number of aryl methyl sites for hydroxylation is 1. The van der Waals surface area contributed by atoms with E-state index in [2.05, 4.69) is 40.7 Å². The van der Waals surface area contributed by atoms with Crippen molar-refractivity contribution in [2.45, 2.75) is 20.4 Å². The molecule has 2 rings (SSSR count). The molecule has 0 saturated carbocycles. The Hall–Kier alpha value is -2.56. The molecule has 2 N–H and O–H groups in total. The second kappa shape index (κ2) is 7.28. The SMILES string of the molecule is CCOC(=O)Nc1ccc(NCc2cccc(C)c2)cn1. The maximum absolute atomic E-state index is 11.3. The highest BCUT2D eigenvalue weighted by Crippen LogP contribution is 2.12. The van der Waals surface area contributed by atoms with Gasteiger partial charge in [0, 0.05) is 6.54 Å². The monoisotopic (exact) mass is 285 g/mol. The Kier molecular flexibility index (Phi) is 5.15. The van der Waals surface area contributed by atoms with Gasteiger partial charge in [-0.2, -0.15) is 0 Å². The summed E-state index contributed by atoms with van der Waals surface area (Å²) in [6.07, 6.45) is 1.18. The fourth-order valence-corrected chi connectivity index (χ4v) is 1.87. The zero-order valence-corrected chi connectivity index (χ0v) is 12.2. The number of aromatic nitrogens is 1. The number of benzene rings is 1. The molecule has 5 heteroatoms. The summed E-state index contributed by atoms with van der Waals surface area (Å²) in [6, 6.07) is 11.9. The first-order valence-electron chi connectivity index (χ1n) is 6.86. The van der Waals surface area contributed by atoms with Crippen molar-refractivity contribution in [1.82, 2.24) is 4.98 Å². The Bertz CT molecular complexity index is 597. The minimum Gasteiger partial charge on any atom is -0.450 e. The third-order valence-electron chi connectivity index (χ3n) is 2.85. The predicted octanol–water partition coefficient (Wildman–Crippen LogP) is 3.57. The largest absolute Gasteiger partial charge is 0.450 e. The van der Waals surface area contributed by atoms with Crippen LogP contribution >= 0.6 is 0 Å². The van der Waals surface area contributed by atoms with Crippen molar-refractivity contribution < 1.29 is 9.53 Å². The Morgan fingerprint density at radius 2 is 2.14 bits per heavy atom. The van der Waals surface area contributed by atoms with Gasteiger partial charge in [-0.25, -0.2) is 9.78 Å². The third kappa shape index (κ3) is 4.80. The summed E-state index contributed by atoms with van der Waals surface area (Å²) in [5.74, 6) is 0.467. The summed E-state index contributed by atoms with van der Waals surface area (Å²) >= 11 is 0. The van der Waals surface area contributed by atoms with E-state index in [0.29, 0.717) is 12.4 Å². The van der Waals surface area contributed by atoms with Crippen molar-refractivity contribution in [3.8, 4) is 0 Å². The van der Waals surface area contributed by atoms with Crippen LogP contribution in [0.4, 0.5) is 16.3 Å². The second-order valence-electron chi connectivity index (χ2n) is 4.62. The molecule has 0 bridgehead atoms. The van der Waals surface area contributed by atoms with Crippen LogP contribution in [0, 0.1) is 6.92 Å². The molecule has 0 aliphatic heterocycles. The molecule has 1 aromatic carbocycles. The van der Waals surface area contributed by atoms with Gasteiger partial charge in [-0.15, -0.1) is 0 Å². The number of amides is 1. The van der Waals surface area contributed by atoms with Crippen LogP contribution in [0.1, 0.15) is 18.1 Å². The number of rotatable bonds is 5. The van der Waals surface area contributed by atoms with Crippen LogP contribution in [0.25, 0.3) is 0 Å². The van der Waals surface area contributed by atoms with Crippen LogP contribution in [0.15, 0.2) is 42.6 Å². The average Bonchev–Trinajstić information content (AvgIpc) is 2.47. The zero-order chi connectivity index (χ0) is 15.1. The number of hydrogen-bond acceptors (Lipinski definition) is 4. The smallest absolute Gasteiger partial charge is 0.412 e. The topological polar surface area (TPSA) is 63.2 Å². The highest BCUT2D eigenvalue weighted by molar-refractivity contribution is 5.83. The van der Waals surface area contributed by atoms with Gasteiger partial charge in [-0.1, -0.05) is 29.8 Å². The third-order valence-corrected chi connectivity index (χ3v) is 2.85. The summed E-state index contributed by atoms with van der Waals surface area (Å²) in [5.41, 5.74) is 3.34. The molecular formula is C16H19N3O2. The van der Waals surface area contributed by atoms with Crippen LogP contribution in [0.2, 0.25) is 0 Å². The first kappa shape index (κ1) is 14.8. The zero-order valence-electron chi connectivity index (χ0n) is 12.2. The summed E-state index contributed by atoms with van der Waals surface area (Å²) in [7, 11) is 0. The van der Waals surface area contributed by atoms with E-state index in [4.69, 9.17) is 4.74 Å². The fraction of sp³-hybridized carbons (Fsp3) is 0.250. The van der Waals surface area contributed by atoms with E-state index in [1.807, 2.05) is 12.1 Å². The average molecular weight is 285 g/mol. The summed E-state index contributed by atoms with van der Waals surface area (Å²) in [6.45, 7) is 4.89. The van der Waals surface area contributed by atoms with Gasteiger partial charge in [0.15, 0.2) is 0 Å². The van der Waals surface area contributed by atoms with Crippen molar-refractivity contribution in [3.05, 3.63) is 53.7 Å². The quantitative estimate of drug-likeness (QED) is 0.881. The van der Waals surface area contributed by atoms with Gasteiger partial charge in [-0.05, 0) is 31.5 Å². The maximum atomic E-state index is 11.3. The molecule has 0 aliphatic carbocycles. The standard InChI is InChI=1S/C16H19N3O2/c1-3-21-16(20)19-15-8-7-14(11-18-15)17-10-13-6-4-5-12(2)9-13/h4-9,11,17H,3,10H2,1-2H3,(H,18,19,20). The molecule has 0 radical (unpaired) electrons. The minimum atomic E-state index is -0.495. The van der Waals surface area contributed by atoms with Gasteiger partial charge in [-0.3, -0.25) is 5.32 Å². The molecule has 5 nitrogen and oxygen atoms in total. The van der Waals surface area contributed by atoms with Crippen molar-refractivity contribution in [2.24, 2.45) is 0 Å². The van der Waals surface area contributed by atoms with E-state index in [0.717, 1.165) is 12.2 Å². The summed E-state index contributed by atoms with van der Waals surface area (Å²) in [4.78, 5) is 15.4. The molecule has 0 spiro atoms. The van der Waals surface area contributed by atoms with Gasteiger partial charge in [0.2, 0.25) is 0 Å². The number of carbonyl (C=O) groups excluding carboxylic acids is 1. The molecule has 110 valence electrons. The predicted molar refractivity (Wildman–Crippen MR) is 83.4 cm³/mol. The van der Waals surface area contributed by atoms with Crippen LogP contribution in [0.3, 0.4) is 0 Å². The number of carbonyl (C=O) groups is 1. The van der Waals surface area contributed by atoms with Gasteiger partial charge in [0.05, 0.1) is 18.5 Å². The van der Waals surface area contributed by atoms with E-state index in [-0.39, 0.29) is 0 Å². The van der Waals surface area contributed by atoms with E-state index < -0.39 is 6.09 Å². The number of nitrogens with zero attached hydrogens (tertiary/aromatic N) is 1. The van der Waals surface area contributed by atoms with E-state index in [1.54, 1.807) is 19.2 Å². The molecule has 0 aliphatic rings. The van der Waals surface area contributed by atoms with Crippen molar-refractivity contribution in [1.29, 1.82) is 0 Å².